The molecule has 0 radical (unpaired) electrons. The van der Waals surface area contributed by atoms with Crippen molar-refractivity contribution in [2.24, 2.45) is 10.9 Å². The number of ketones is 1. The molecule has 0 saturated carbocycles. The highest BCUT2D eigenvalue weighted by Gasteiger charge is 2.29. The van der Waals surface area contributed by atoms with Crippen LogP contribution in [0.2, 0.25) is 19.6 Å². The molecule has 6 heteroatoms. The van der Waals surface area contributed by atoms with E-state index in [4.69, 9.17) is 5.84 Å². The number of carbonyl (C=O) groups is 1. The fourth-order valence-corrected chi connectivity index (χ4v) is 2.83. The molecule has 0 heterocycles. The van der Waals surface area contributed by atoms with E-state index in [1.54, 1.807) is 6.07 Å². The highest BCUT2D eigenvalue weighted by molar-refractivity contribution is 9.10. The number of hydrogen-bond acceptors (Lipinski definition) is 3. The summed E-state index contributed by atoms with van der Waals surface area (Å²) in [6, 6.07) is 4.25. The van der Waals surface area contributed by atoms with Gasteiger partial charge in [-0.25, -0.2) is 4.39 Å². The SMILES string of the molecule is C[Si](C)(C)C(=NN)C(=O)c1ccc(Br)c(F)c1. The van der Waals surface area contributed by atoms with Gasteiger partial charge in [-0.3, -0.25) is 4.79 Å². The molecule has 0 fully saturated rings. The highest BCUT2D eigenvalue weighted by atomic mass is 79.9. The molecule has 0 bridgehead atoms. The molecule has 92 valence electrons. The summed E-state index contributed by atoms with van der Waals surface area (Å²) in [7, 11) is -1.92. The molecule has 0 unspecified atom stereocenters. The summed E-state index contributed by atoms with van der Waals surface area (Å²) in [5.41, 5.74) is 0.275. The topological polar surface area (TPSA) is 55.4 Å². The molecule has 1 aromatic carbocycles. The molecular weight excluding hydrogens is 303 g/mol. The van der Waals surface area contributed by atoms with Crippen LogP contribution in [0, 0.1) is 5.82 Å². The number of Topliss-reactive ketones (excluding diaryl/α,β-unsaturated/α-hetero) is 1. The van der Waals surface area contributed by atoms with Gasteiger partial charge in [0.2, 0.25) is 5.78 Å². The van der Waals surface area contributed by atoms with Crippen LogP contribution < -0.4 is 5.84 Å². The van der Waals surface area contributed by atoms with Crippen molar-refractivity contribution in [1.29, 1.82) is 0 Å². The van der Waals surface area contributed by atoms with E-state index in [9.17, 15) is 9.18 Å². The zero-order valence-corrected chi connectivity index (χ0v) is 12.5. The van der Waals surface area contributed by atoms with E-state index in [0.29, 0.717) is 9.81 Å². The predicted octanol–water partition coefficient (Wildman–Crippen LogP) is 2.96. The fraction of sp³-hybridized carbons (Fsp3) is 0.273. The van der Waals surface area contributed by atoms with Gasteiger partial charge in [-0.15, -0.1) is 0 Å². The first-order valence-corrected chi connectivity index (χ1v) is 9.34. The summed E-state index contributed by atoms with van der Waals surface area (Å²) in [5, 5.41) is 3.94. The van der Waals surface area contributed by atoms with Crippen LogP contribution in [-0.4, -0.2) is 19.2 Å². The average Bonchev–Trinajstić information content (AvgIpc) is 2.20. The highest BCUT2D eigenvalue weighted by Crippen LogP contribution is 2.18. The largest absolute Gasteiger partial charge is 0.323 e. The van der Waals surface area contributed by atoms with Crippen LogP contribution in [0.3, 0.4) is 0 Å². The van der Waals surface area contributed by atoms with E-state index in [1.807, 2.05) is 19.6 Å². The average molecular weight is 317 g/mol. The number of benzene rings is 1. The third-order valence-corrected chi connectivity index (χ3v) is 4.66. The first-order valence-electron chi connectivity index (χ1n) is 5.05. The lowest BCUT2D eigenvalue weighted by molar-refractivity contribution is 0.106. The van der Waals surface area contributed by atoms with Crippen molar-refractivity contribution in [1.82, 2.24) is 0 Å². The lowest BCUT2D eigenvalue weighted by Crippen LogP contribution is -2.40. The Labute approximate surface area is 109 Å². The number of halogens is 2. The summed E-state index contributed by atoms with van der Waals surface area (Å²) in [4.78, 5) is 12.1. The molecule has 0 aliphatic rings. The summed E-state index contributed by atoms with van der Waals surface area (Å²) in [5.74, 6) is 4.50. The number of nitrogens with zero attached hydrogens (tertiary/aromatic N) is 1. The maximum atomic E-state index is 13.3. The Balaban J connectivity index is 3.17. The molecule has 17 heavy (non-hydrogen) atoms. The Kier molecular flexibility index (Phi) is 4.21. The van der Waals surface area contributed by atoms with Gasteiger partial charge in [0, 0.05) is 5.56 Å². The van der Waals surface area contributed by atoms with Gasteiger partial charge in [0.15, 0.2) is 0 Å². The smallest absolute Gasteiger partial charge is 0.204 e. The quantitative estimate of drug-likeness (QED) is 0.306. The Morgan fingerprint density at radius 1 is 1.41 bits per heavy atom. The van der Waals surface area contributed by atoms with Crippen LogP contribution in [0.15, 0.2) is 27.8 Å². The molecule has 0 spiro atoms. The van der Waals surface area contributed by atoms with Crippen molar-refractivity contribution in [3.63, 3.8) is 0 Å². The second-order valence-corrected chi connectivity index (χ2v) is 10.5. The Morgan fingerprint density at radius 3 is 2.41 bits per heavy atom. The minimum atomic E-state index is -1.92. The molecule has 1 rings (SSSR count). The Bertz CT molecular complexity index is 483. The maximum absolute atomic E-state index is 13.3. The Hall–Kier alpha value is -1.01. The summed E-state index contributed by atoms with van der Waals surface area (Å²) in [6.07, 6.45) is 0. The van der Waals surface area contributed by atoms with Gasteiger partial charge < -0.3 is 5.84 Å². The van der Waals surface area contributed by atoms with Crippen molar-refractivity contribution in [2.75, 3.05) is 0 Å². The third-order valence-electron chi connectivity index (χ3n) is 2.24. The van der Waals surface area contributed by atoms with Gasteiger partial charge in [0.1, 0.15) is 13.9 Å². The fourth-order valence-electron chi connectivity index (χ4n) is 1.37. The monoisotopic (exact) mass is 316 g/mol. The van der Waals surface area contributed by atoms with Crippen molar-refractivity contribution >= 4 is 35.1 Å². The van der Waals surface area contributed by atoms with Crippen molar-refractivity contribution in [3.05, 3.63) is 34.1 Å². The van der Waals surface area contributed by atoms with Crippen molar-refractivity contribution in [3.8, 4) is 0 Å². The summed E-state index contributed by atoms with van der Waals surface area (Å²) in [6.45, 7) is 5.89. The number of hydrazone groups is 1. The van der Waals surface area contributed by atoms with Gasteiger partial charge in [0.05, 0.1) is 9.81 Å². The summed E-state index contributed by atoms with van der Waals surface area (Å²) < 4.78 is 13.7. The lowest BCUT2D eigenvalue weighted by Gasteiger charge is -2.17. The lowest BCUT2D eigenvalue weighted by atomic mass is 10.1. The molecule has 0 aromatic heterocycles. The van der Waals surface area contributed by atoms with Gasteiger partial charge >= 0.3 is 0 Å². The molecule has 1 aromatic rings. The van der Waals surface area contributed by atoms with Crippen LogP contribution >= 0.6 is 15.9 Å². The van der Waals surface area contributed by atoms with Crippen molar-refractivity contribution in [2.45, 2.75) is 19.6 Å². The third kappa shape index (κ3) is 3.23. The molecule has 3 nitrogen and oxygen atoms in total. The van der Waals surface area contributed by atoms with Gasteiger partial charge in [-0.2, -0.15) is 5.10 Å². The number of carbonyl (C=O) groups excluding carboxylic acids is 1. The second-order valence-electron chi connectivity index (χ2n) is 4.69. The van der Waals surface area contributed by atoms with Gasteiger partial charge in [-0.05, 0) is 34.1 Å². The first kappa shape index (κ1) is 14.0. The van der Waals surface area contributed by atoms with E-state index in [-0.39, 0.29) is 11.3 Å². The first-order chi connectivity index (χ1) is 7.77. The van der Waals surface area contributed by atoms with Crippen molar-refractivity contribution < 1.29 is 9.18 Å². The molecule has 0 amide bonds. The number of nitrogens with two attached hydrogens (primary N) is 1. The zero-order chi connectivity index (χ0) is 13.2. The van der Waals surface area contributed by atoms with Crippen LogP contribution in [-0.2, 0) is 0 Å². The molecule has 0 saturated heterocycles. The summed E-state index contributed by atoms with van der Waals surface area (Å²) >= 11 is 3.04. The maximum Gasteiger partial charge on any atom is 0.204 e. The Morgan fingerprint density at radius 2 is 2.00 bits per heavy atom. The van der Waals surface area contributed by atoms with Gasteiger partial charge in [-0.1, -0.05) is 19.6 Å². The minimum Gasteiger partial charge on any atom is -0.323 e. The van der Waals surface area contributed by atoms with Crippen LogP contribution in [0.4, 0.5) is 4.39 Å². The van der Waals surface area contributed by atoms with E-state index < -0.39 is 13.9 Å². The molecule has 0 atom stereocenters. The molecule has 0 aliphatic carbocycles. The van der Waals surface area contributed by atoms with Crippen LogP contribution in [0.5, 0.6) is 0 Å². The van der Waals surface area contributed by atoms with Gasteiger partial charge in [0.25, 0.3) is 0 Å². The minimum absolute atomic E-state index is 0.275. The zero-order valence-electron chi connectivity index (χ0n) is 9.92. The predicted molar refractivity (Wildman–Crippen MR) is 73.4 cm³/mol. The normalized spacial score (nSPS) is 12.6. The van der Waals surface area contributed by atoms with E-state index >= 15 is 0 Å². The standard InChI is InChI=1S/C11H14BrFN2OSi/c1-17(2,3)11(15-14)10(16)7-4-5-8(12)9(13)6-7/h4-6H,14H2,1-3H3. The van der Waals surface area contributed by atoms with Crippen LogP contribution in [0.25, 0.3) is 0 Å². The van der Waals surface area contributed by atoms with E-state index in [0.717, 1.165) is 0 Å². The molecule has 0 aliphatic heterocycles. The molecular formula is C11H14BrFN2OSi. The van der Waals surface area contributed by atoms with E-state index in [1.165, 1.54) is 12.1 Å². The number of hydrogen-bond donors (Lipinski definition) is 1. The van der Waals surface area contributed by atoms with E-state index in [2.05, 4.69) is 21.0 Å². The second kappa shape index (κ2) is 5.10. The number of rotatable bonds is 3. The molecule has 2 N–H and O–H groups in total. The van der Waals surface area contributed by atoms with Crippen LogP contribution in [0.1, 0.15) is 10.4 Å².